The summed E-state index contributed by atoms with van der Waals surface area (Å²) < 4.78 is 1.91. The van der Waals surface area contributed by atoms with Gasteiger partial charge in [-0.15, -0.1) is 0 Å². The van der Waals surface area contributed by atoms with Gasteiger partial charge in [-0.1, -0.05) is 38.5 Å². The van der Waals surface area contributed by atoms with E-state index in [4.69, 9.17) is 5.11 Å². The summed E-state index contributed by atoms with van der Waals surface area (Å²) >= 11 is 0. The summed E-state index contributed by atoms with van der Waals surface area (Å²) in [6.45, 7) is 2.62. The Balaban J connectivity index is 1.52. The molecule has 2 N–H and O–H groups in total. The highest BCUT2D eigenvalue weighted by atomic mass is 16.4. The van der Waals surface area contributed by atoms with Crippen LogP contribution in [-0.2, 0) is 4.79 Å². The van der Waals surface area contributed by atoms with E-state index >= 15 is 0 Å². The molecule has 0 aliphatic carbocycles. The minimum atomic E-state index is -0.702. The minimum absolute atomic E-state index is 0.0495. The first-order chi connectivity index (χ1) is 12.6. The molecule has 0 aromatic carbocycles. The SMILES string of the molecule is Cc1cn2ccc(C(=O)NCCCCCCCCCCC(=O)O)cc2n1. The Morgan fingerprint density at radius 1 is 1.08 bits per heavy atom. The Labute approximate surface area is 154 Å². The summed E-state index contributed by atoms with van der Waals surface area (Å²) in [5.41, 5.74) is 2.37. The molecule has 26 heavy (non-hydrogen) atoms. The van der Waals surface area contributed by atoms with Crippen molar-refractivity contribution in [2.75, 3.05) is 6.54 Å². The van der Waals surface area contributed by atoms with Crippen LogP contribution in [0.1, 0.15) is 73.8 Å². The van der Waals surface area contributed by atoms with Crippen molar-refractivity contribution >= 4 is 17.5 Å². The van der Waals surface area contributed by atoms with Crippen LogP contribution >= 0.6 is 0 Å². The van der Waals surface area contributed by atoms with Gasteiger partial charge in [0.15, 0.2) is 0 Å². The average molecular weight is 359 g/mol. The number of carboxylic acids is 1. The number of aromatic nitrogens is 2. The molecule has 0 atom stereocenters. The summed E-state index contributed by atoms with van der Waals surface area (Å²) in [5, 5.41) is 11.5. The number of fused-ring (bicyclic) bond motifs is 1. The Bertz CT molecular complexity index is 724. The van der Waals surface area contributed by atoms with E-state index in [-0.39, 0.29) is 12.3 Å². The number of pyridine rings is 1. The van der Waals surface area contributed by atoms with Crippen molar-refractivity contribution in [1.29, 1.82) is 0 Å². The predicted molar refractivity (Wildman–Crippen MR) is 101 cm³/mol. The number of nitrogens with one attached hydrogen (secondary N) is 1. The highest BCUT2D eigenvalue weighted by Gasteiger charge is 2.07. The van der Waals surface area contributed by atoms with Crippen molar-refractivity contribution < 1.29 is 14.7 Å². The number of hydrogen-bond donors (Lipinski definition) is 2. The molecule has 0 radical (unpaired) electrons. The number of aliphatic carboxylic acids is 1. The number of hydrogen-bond acceptors (Lipinski definition) is 3. The summed E-state index contributed by atoms with van der Waals surface area (Å²) in [6, 6.07) is 3.63. The number of aryl methyl sites for hydroxylation is 1. The van der Waals surface area contributed by atoms with Crippen LogP contribution in [0.5, 0.6) is 0 Å². The second-order valence-corrected chi connectivity index (χ2v) is 6.79. The molecule has 6 nitrogen and oxygen atoms in total. The Morgan fingerprint density at radius 2 is 1.73 bits per heavy atom. The lowest BCUT2D eigenvalue weighted by molar-refractivity contribution is -0.137. The minimum Gasteiger partial charge on any atom is -0.481 e. The van der Waals surface area contributed by atoms with Gasteiger partial charge in [0.05, 0.1) is 5.69 Å². The van der Waals surface area contributed by atoms with E-state index in [9.17, 15) is 9.59 Å². The lowest BCUT2D eigenvalue weighted by Crippen LogP contribution is -2.24. The molecule has 0 spiro atoms. The van der Waals surface area contributed by atoms with Crippen molar-refractivity contribution in [3.63, 3.8) is 0 Å². The molecule has 0 aliphatic heterocycles. The zero-order chi connectivity index (χ0) is 18.8. The van der Waals surface area contributed by atoms with Gasteiger partial charge >= 0.3 is 5.97 Å². The second-order valence-electron chi connectivity index (χ2n) is 6.79. The van der Waals surface area contributed by atoms with Crippen LogP contribution in [0, 0.1) is 6.92 Å². The Morgan fingerprint density at radius 3 is 2.42 bits per heavy atom. The molecule has 1 amide bonds. The molecule has 6 heteroatoms. The van der Waals surface area contributed by atoms with E-state index in [1.54, 1.807) is 0 Å². The first-order valence-corrected chi connectivity index (χ1v) is 9.51. The lowest BCUT2D eigenvalue weighted by atomic mass is 10.1. The highest BCUT2D eigenvalue weighted by molar-refractivity contribution is 5.95. The van der Waals surface area contributed by atoms with Gasteiger partial charge in [-0.3, -0.25) is 9.59 Å². The second kappa shape index (κ2) is 10.6. The van der Waals surface area contributed by atoms with Crippen LogP contribution in [0.25, 0.3) is 5.65 Å². The number of imidazole rings is 1. The van der Waals surface area contributed by atoms with Gasteiger partial charge in [-0.25, -0.2) is 4.98 Å². The van der Waals surface area contributed by atoms with Gasteiger partial charge < -0.3 is 14.8 Å². The third kappa shape index (κ3) is 6.86. The maximum absolute atomic E-state index is 12.2. The van der Waals surface area contributed by atoms with Gasteiger partial charge in [0.25, 0.3) is 5.91 Å². The molecular weight excluding hydrogens is 330 g/mol. The molecular formula is C20H29N3O3. The molecule has 142 valence electrons. The first-order valence-electron chi connectivity index (χ1n) is 9.51. The molecule has 0 unspecified atom stereocenters. The van der Waals surface area contributed by atoms with Gasteiger partial charge in [0.2, 0.25) is 0 Å². The predicted octanol–water partition coefficient (Wildman–Crippen LogP) is 3.97. The standard InChI is InChI=1S/C20H29N3O3/c1-16-15-23-13-11-17(14-18(23)22-16)20(26)21-12-9-7-5-3-2-4-6-8-10-19(24)25/h11,13-15H,2-10,12H2,1H3,(H,21,26)(H,24,25). The average Bonchev–Trinajstić information content (AvgIpc) is 2.98. The number of carboxylic acid groups (broad SMARTS) is 1. The summed E-state index contributed by atoms with van der Waals surface area (Å²) in [7, 11) is 0. The normalized spacial score (nSPS) is 11.0. The van der Waals surface area contributed by atoms with E-state index in [0.717, 1.165) is 56.3 Å². The fourth-order valence-electron chi connectivity index (χ4n) is 3.02. The highest BCUT2D eigenvalue weighted by Crippen LogP contribution is 2.10. The number of carbonyl (C=O) groups is 2. The molecule has 0 bridgehead atoms. The van der Waals surface area contributed by atoms with E-state index in [0.29, 0.717) is 12.1 Å². The van der Waals surface area contributed by atoms with Crippen molar-refractivity contribution in [1.82, 2.24) is 14.7 Å². The molecule has 0 saturated carbocycles. The number of rotatable bonds is 12. The molecule has 2 rings (SSSR count). The maximum Gasteiger partial charge on any atom is 0.303 e. The van der Waals surface area contributed by atoms with Crippen molar-refractivity contribution in [2.24, 2.45) is 0 Å². The topological polar surface area (TPSA) is 83.7 Å². The zero-order valence-electron chi connectivity index (χ0n) is 15.5. The summed E-state index contributed by atoms with van der Waals surface area (Å²) in [6.07, 6.45) is 12.6. The smallest absolute Gasteiger partial charge is 0.303 e. The van der Waals surface area contributed by atoms with Crippen LogP contribution in [0.15, 0.2) is 24.5 Å². The van der Waals surface area contributed by atoms with Crippen LogP contribution in [0.3, 0.4) is 0 Å². The first kappa shape index (κ1) is 19.9. The molecule has 2 aromatic heterocycles. The number of carbonyl (C=O) groups excluding carboxylic acids is 1. The van der Waals surface area contributed by atoms with E-state index in [1.807, 2.05) is 35.9 Å². The summed E-state index contributed by atoms with van der Waals surface area (Å²) in [4.78, 5) is 27.0. The van der Waals surface area contributed by atoms with Crippen molar-refractivity contribution in [3.8, 4) is 0 Å². The van der Waals surface area contributed by atoms with Gasteiger partial charge in [0.1, 0.15) is 5.65 Å². The Kier molecular flexibility index (Phi) is 8.12. The summed E-state index contributed by atoms with van der Waals surface area (Å²) in [5.74, 6) is -0.751. The Hall–Kier alpha value is -2.37. The number of unbranched alkanes of at least 4 members (excludes halogenated alkanes) is 7. The molecule has 0 saturated heterocycles. The fraction of sp³-hybridized carbons (Fsp3) is 0.550. The fourth-order valence-corrected chi connectivity index (χ4v) is 3.02. The molecule has 0 fully saturated rings. The van der Waals surface area contributed by atoms with Crippen LogP contribution in [0.2, 0.25) is 0 Å². The van der Waals surface area contributed by atoms with Crippen LogP contribution in [-0.4, -0.2) is 32.9 Å². The molecule has 2 aromatic rings. The van der Waals surface area contributed by atoms with Gasteiger partial charge in [0, 0.05) is 30.9 Å². The molecule has 2 heterocycles. The monoisotopic (exact) mass is 359 g/mol. The van der Waals surface area contributed by atoms with Crippen molar-refractivity contribution in [2.45, 2.75) is 64.7 Å². The maximum atomic E-state index is 12.2. The third-order valence-electron chi connectivity index (χ3n) is 4.45. The van der Waals surface area contributed by atoms with Crippen molar-refractivity contribution in [3.05, 3.63) is 35.8 Å². The third-order valence-corrected chi connectivity index (χ3v) is 4.45. The van der Waals surface area contributed by atoms with E-state index < -0.39 is 5.97 Å². The molecule has 0 aliphatic rings. The van der Waals surface area contributed by atoms with E-state index in [2.05, 4.69) is 10.3 Å². The van der Waals surface area contributed by atoms with Crippen LogP contribution in [0.4, 0.5) is 0 Å². The lowest BCUT2D eigenvalue weighted by Gasteiger charge is -2.06. The largest absolute Gasteiger partial charge is 0.481 e. The zero-order valence-corrected chi connectivity index (χ0v) is 15.5. The number of amides is 1. The quantitative estimate of drug-likeness (QED) is 0.562. The van der Waals surface area contributed by atoms with E-state index in [1.165, 1.54) is 6.42 Å². The number of nitrogens with zero attached hydrogens (tertiary/aromatic N) is 2. The van der Waals surface area contributed by atoms with Gasteiger partial charge in [-0.05, 0) is 31.9 Å². The van der Waals surface area contributed by atoms with Crippen LogP contribution < -0.4 is 5.32 Å². The van der Waals surface area contributed by atoms with Gasteiger partial charge in [-0.2, -0.15) is 0 Å².